The van der Waals surface area contributed by atoms with Crippen molar-refractivity contribution in [2.24, 2.45) is 0 Å². The maximum Gasteiger partial charge on any atom is 0.255 e. The first-order valence-corrected chi connectivity index (χ1v) is 14.8. The maximum atomic E-state index is 12.9. The van der Waals surface area contributed by atoms with E-state index in [-0.39, 0.29) is 20.9 Å². The first-order valence-electron chi connectivity index (χ1n) is 11.1. The third-order valence-electron chi connectivity index (χ3n) is 5.40. The summed E-state index contributed by atoms with van der Waals surface area (Å²) < 4.78 is 48.6. The summed E-state index contributed by atoms with van der Waals surface area (Å²) in [6.07, 6.45) is 4.62. The molecule has 0 aliphatic heterocycles. The number of sulfonamides is 2. The van der Waals surface area contributed by atoms with Crippen molar-refractivity contribution in [3.63, 3.8) is 0 Å². The lowest BCUT2D eigenvalue weighted by atomic mass is 10.1. The lowest BCUT2D eigenvalue weighted by Gasteiger charge is -2.20. The molecule has 0 aliphatic carbocycles. The van der Waals surface area contributed by atoms with Crippen molar-refractivity contribution < 1.29 is 26.4 Å². The fraction of sp³-hybridized carbons (Fsp3) is 0.120. The van der Waals surface area contributed by atoms with E-state index in [4.69, 9.17) is 0 Å². The number of rotatable bonds is 7. The Morgan fingerprint density at radius 2 is 1.37 bits per heavy atom. The largest absolute Gasteiger partial charge is 0.322 e. The van der Waals surface area contributed by atoms with Crippen LogP contribution in [0.3, 0.4) is 0 Å². The van der Waals surface area contributed by atoms with Crippen LogP contribution >= 0.6 is 0 Å². The molecule has 3 aromatic carbocycles. The van der Waals surface area contributed by atoms with E-state index in [2.05, 4.69) is 20.6 Å². The molecule has 0 spiro atoms. The highest BCUT2D eigenvalue weighted by atomic mass is 32.3. The first-order chi connectivity index (χ1) is 17.8. The summed E-state index contributed by atoms with van der Waals surface area (Å²) in [7, 11) is -8.34. The Labute approximate surface area is 219 Å². The molecule has 0 atom stereocenters. The average Bonchev–Trinajstić information content (AvgIpc) is 2.84. The van der Waals surface area contributed by atoms with Crippen LogP contribution in [0, 0.1) is 6.92 Å². The van der Waals surface area contributed by atoms with E-state index in [1.807, 2.05) is 0 Å². The van der Waals surface area contributed by atoms with Gasteiger partial charge in [0.1, 0.15) is 0 Å². The van der Waals surface area contributed by atoms with E-state index < -0.39 is 26.0 Å². The monoisotopic (exact) mass is 553 g/mol. The fourth-order valence-corrected chi connectivity index (χ4v) is 6.69. The number of hydrogen-bond donors (Lipinski definition) is 2. The quantitative estimate of drug-likeness (QED) is 0.354. The minimum Gasteiger partial charge on any atom is -0.322 e. The molecule has 2 N–H and O–H groups in total. The van der Waals surface area contributed by atoms with Gasteiger partial charge in [-0.25, -0.2) is 16.8 Å². The number of aryl methyl sites for hydroxylation is 1. The number of amides is 2. The Morgan fingerprint density at radius 3 is 2.05 bits per heavy atom. The van der Waals surface area contributed by atoms with Gasteiger partial charge in [0.05, 0.1) is 29.2 Å². The molecule has 0 aliphatic rings. The average molecular weight is 554 g/mol. The van der Waals surface area contributed by atoms with E-state index in [1.54, 1.807) is 49.5 Å². The van der Waals surface area contributed by atoms with E-state index in [0.717, 1.165) is 24.1 Å². The van der Waals surface area contributed by atoms with Gasteiger partial charge in [0.15, 0.2) is 0 Å². The number of nitrogens with one attached hydrogen (secondary N) is 2. The van der Waals surface area contributed by atoms with Crippen LogP contribution in [0.5, 0.6) is 0 Å². The van der Waals surface area contributed by atoms with Gasteiger partial charge < -0.3 is 10.6 Å². The number of carbonyl (C=O) groups is 2. The zero-order valence-electron chi connectivity index (χ0n) is 20.5. The lowest BCUT2D eigenvalue weighted by molar-refractivity contribution is 0.101. The topological polar surface area (TPSA) is 156 Å². The third-order valence-corrected chi connectivity index (χ3v) is 8.65. The lowest BCUT2D eigenvalue weighted by Crippen LogP contribution is -2.35. The number of hydrogen-bond acceptors (Lipinski definition) is 8. The molecule has 0 fully saturated rings. The number of nitrogens with zero attached hydrogens (tertiary/aromatic N) is 3. The predicted octanol–water partition coefficient (Wildman–Crippen LogP) is 3.17. The number of benzene rings is 3. The second-order valence-electron chi connectivity index (χ2n) is 8.47. The van der Waals surface area contributed by atoms with E-state index >= 15 is 0 Å². The van der Waals surface area contributed by atoms with Crippen molar-refractivity contribution in [2.75, 3.05) is 26.9 Å². The summed E-state index contributed by atoms with van der Waals surface area (Å²) in [5.74, 6) is -0.985. The highest BCUT2D eigenvalue weighted by molar-refractivity contribution is 8.09. The van der Waals surface area contributed by atoms with Gasteiger partial charge in [0, 0.05) is 34.9 Å². The number of carbonyl (C=O) groups excluding carboxylic acids is 2. The van der Waals surface area contributed by atoms with Crippen LogP contribution < -0.4 is 14.3 Å². The Kier molecular flexibility index (Phi) is 7.16. The van der Waals surface area contributed by atoms with Gasteiger partial charge in [-0.3, -0.25) is 19.6 Å². The molecular formula is C25H23N5O6S2. The fourth-order valence-electron chi connectivity index (χ4n) is 3.73. The molecule has 38 heavy (non-hydrogen) atoms. The molecule has 2 amide bonds. The molecule has 0 saturated carbocycles. The zero-order chi connectivity index (χ0) is 27.7. The van der Waals surface area contributed by atoms with Gasteiger partial charge in [0.2, 0.25) is 20.0 Å². The van der Waals surface area contributed by atoms with Crippen LogP contribution in [0.1, 0.15) is 26.3 Å². The van der Waals surface area contributed by atoms with Gasteiger partial charge in [-0.2, -0.15) is 3.71 Å². The molecule has 4 aromatic rings. The molecule has 0 bridgehead atoms. The van der Waals surface area contributed by atoms with E-state index in [1.165, 1.54) is 24.4 Å². The van der Waals surface area contributed by atoms with Crippen molar-refractivity contribution in [1.82, 2.24) is 9.97 Å². The van der Waals surface area contributed by atoms with Crippen LogP contribution in [-0.2, 0) is 20.0 Å². The minimum absolute atomic E-state index is 0.0308. The molecule has 13 heteroatoms. The molecule has 0 unspecified atom stereocenters. The highest BCUT2D eigenvalue weighted by Crippen LogP contribution is 2.25. The summed E-state index contributed by atoms with van der Waals surface area (Å²) in [5.41, 5.74) is 3.01. The summed E-state index contributed by atoms with van der Waals surface area (Å²) in [4.78, 5) is 34.2. The first kappa shape index (κ1) is 26.7. The number of fused-ring (bicyclic) bond motifs is 1. The van der Waals surface area contributed by atoms with Gasteiger partial charge in [-0.05, 0) is 61.0 Å². The Hall–Kier alpha value is -4.36. The van der Waals surface area contributed by atoms with Crippen molar-refractivity contribution in [1.29, 1.82) is 0 Å². The number of aromatic nitrogens is 2. The summed E-state index contributed by atoms with van der Waals surface area (Å²) in [6.45, 7) is 1.79. The van der Waals surface area contributed by atoms with Gasteiger partial charge >= 0.3 is 0 Å². The molecule has 196 valence electrons. The predicted molar refractivity (Wildman–Crippen MR) is 145 cm³/mol. The Balaban J connectivity index is 1.56. The molecular weight excluding hydrogens is 530 g/mol. The molecule has 1 heterocycles. The molecule has 4 rings (SSSR count). The third kappa shape index (κ3) is 5.95. The SMILES string of the molecule is Cc1ccc(NC(=O)c2cccc(N(S(C)(=O)=O)S(C)(=O)=O)c2)cc1NC(=O)c1ccc2nccnc2c1. The van der Waals surface area contributed by atoms with Crippen LogP contribution in [-0.4, -0.2) is 51.1 Å². The van der Waals surface area contributed by atoms with Gasteiger partial charge in [-0.1, -0.05) is 12.1 Å². The van der Waals surface area contributed by atoms with Gasteiger partial charge in [0.25, 0.3) is 11.8 Å². The van der Waals surface area contributed by atoms with Crippen LogP contribution in [0.2, 0.25) is 0 Å². The zero-order valence-corrected chi connectivity index (χ0v) is 22.2. The molecule has 0 radical (unpaired) electrons. The van der Waals surface area contributed by atoms with Crippen LogP contribution in [0.25, 0.3) is 11.0 Å². The minimum atomic E-state index is -4.17. The van der Waals surface area contributed by atoms with Crippen LogP contribution in [0.15, 0.2) is 73.1 Å². The molecule has 11 nitrogen and oxygen atoms in total. The Bertz CT molecular complexity index is 1760. The van der Waals surface area contributed by atoms with Crippen molar-refractivity contribution in [2.45, 2.75) is 6.92 Å². The van der Waals surface area contributed by atoms with E-state index in [0.29, 0.717) is 28.0 Å². The second-order valence-corrected chi connectivity index (χ2v) is 12.4. The van der Waals surface area contributed by atoms with E-state index in [9.17, 15) is 26.4 Å². The second kappa shape index (κ2) is 10.2. The maximum absolute atomic E-state index is 12.9. The van der Waals surface area contributed by atoms with Crippen molar-refractivity contribution in [3.05, 3.63) is 89.7 Å². The number of anilines is 3. The smallest absolute Gasteiger partial charge is 0.255 e. The van der Waals surface area contributed by atoms with Crippen LogP contribution in [0.4, 0.5) is 17.1 Å². The Morgan fingerprint density at radius 1 is 0.737 bits per heavy atom. The van der Waals surface area contributed by atoms with Crippen molar-refractivity contribution >= 4 is 60.0 Å². The molecule has 1 aromatic heterocycles. The summed E-state index contributed by atoms with van der Waals surface area (Å²) in [6, 6.07) is 15.1. The summed E-state index contributed by atoms with van der Waals surface area (Å²) >= 11 is 0. The summed E-state index contributed by atoms with van der Waals surface area (Å²) in [5, 5.41) is 5.50. The molecule has 0 saturated heterocycles. The normalized spacial score (nSPS) is 11.7. The highest BCUT2D eigenvalue weighted by Gasteiger charge is 2.27. The van der Waals surface area contributed by atoms with Crippen molar-refractivity contribution in [3.8, 4) is 0 Å². The standard InChI is InChI=1S/C25H23N5O6S2/c1-16-7-9-19(15-22(16)29-25(32)18-8-10-21-23(14-18)27-12-11-26-21)28-24(31)17-5-4-6-20(13-17)30(37(2,33)34)38(3,35)36/h4-15H,1-3H3,(H,28,31)(H,29,32). The van der Waals surface area contributed by atoms with Gasteiger partial charge in [-0.15, -0.1) is 0 Å².